The molecule has 0 saturated carbocycles. The van der Waals surface area contributed by atoms with E-state index in [-0.39, 0.29) is 0 Å². The summed E-state index contributed by atoms with van der Waals surface area (Å²) < 4.78 is 0. The lowest BCUT2D eigenvalue weighted by molar-refractivity contribution is 0.921. The second-order valence-electron chi connectivity index (χ2n) is 3.62. The van der Waals surface area contributed by atoms with Crippen LogP contribution in [0.3, 0.4) is 0 Å². The Morgan fingerprint density at radius 1 is 1.08 bits per heavy atom. The van der Waals surface area contributed by atoms with E-state index >= 15 is 0 Å². The molecule has 0 bridgehead atoms. The fourth-order valence-corrected chi connectivity index (χ4v) is 1.71. The van der Waals surface area contributed by atoms with Crippen molar-refractivity contribution in [3.05, 3.63) is 34.4 Å². The molecule has 0 atom stereocenters. The molecule has 0 heterocycles. The van der Waals surface area contributed by atoms with Crippen LogP contribution in [-0.4, -0.2) is 5.75 Å². The maximum Gasteiger partial charge on any atom is -0.00947 e. The number of thiol groups is 1. The molecule has 0 radical (unpaired) electrons. The number of hydrogen-bond acceptors (Lipinski definition) is 1. The monoisotopic (exact) mass is 194 g/mol. The number of benzene rings is 1. The van der Waals surface area contributed by atoms with Crippen LogP contribution in [0.2, 0.25) is 0 Å². The van der Waals surface area contributed by atoms with E-state index in [9.17, 15) is 0 Å². The van der Waals surface area contributed by atoms with E-state index in [2.05, 4.69) is 45.5 Å². The molecular weight excluding hydrogens is 176 g/mol. The van der Waals surface area contributed by atoms with Gasteiger partial charge in [-0.25, -0.2) is 0 Å². The topological polar surface area (TPSA) is 0 Å². The maximum atomic E-state index is 4.23. The van der Waals surface area contributed by atoms with Crippen molar-refractivity contribution in [2.24, 2.45) is 0 Å². The predicted octanol–water partition coefficient (Wildman–Crippen LogP) is 3.47. The Bertz CT molecular complexity index is 289. The summed E-state index contributed by atoms with van der Waals surface area (Å²) in [5.41, 5.74) is 5.78. The third-order valence-electron chi connectivity index (χ3n) is 2.77. The molecule has 0 aliphatic carbocycles. The van der Waals surface area contributed by atoms with E-state index in [1.807, 2.05) is 0 Å². The average Bonchev–Trinajstić information content (AvgIpc) is 2.13. The maximum absolute atomic E-state index is 4.23. The molecule has 0 aliphatic rings. The highest BCUT2D eigenvalue weighted by Gasteiger charge is 2.02. The summed E-state index contributed by atoms with van der Waals surface area (Å²) in [5, 5.41) is 0. The number of hydrogen-bond donors (Lipinski definition) is 1. The van der Waals surface area contributed by atoms with Crippen LogP contribution in [0.15, 0.2) is 12.1 Å². The van der Waals surface area contributed by atoms with Gasteiger partial charge in [0.1, 0.15) is 0 Å². The van der Waals surface area contributed by atoms with E-state index in [0.29, 0.717) is 0 Å². The highest BCUT2D eigenvalue weighted by Crippen LogP contribution is 2.18. The van der Waals surface area contributed by atoms with E-state index in [0.717, 1.165) is 12.2 Å². The third kappa shape index (κ3) is 2.50. The van der Waals surface area contributed by atoms with Gasteiger partial charge in [-0.2, -0.15) is 12.6 Å². The van der Waals surface area contributed by atoms with Crippen LogP contribution in [0, 0.1) is 20.8 Å². The van der Waals surface area contributed by atoms with Crippen molar-refractivity contribution in [3.63, 3.8) is 0 Å². The molecule has 0 fully saturated rings. The minimum Gasteiger partial charge on any atom is -0.179 e. The molecule has 0 spiro atoms. The molecule has 0 saturated heterocycles. The van der Waals surface area contributed by atoms with Gasteiger partial charge in [0.05, 0.1) is 0 Å². The summed E-state index contributed by atoms with van der Waals surface area (Å²) in [6, 6.07) is 4.47. The lowest BCUT2D eigenvalue weighted by Crippen LogP contribution is -1.95. The molecule has 0 unspecified atom stereocenters. The average molecular weight is 194 g/mol. The highest BCUT2D eigenvalue weighted by atomic mass is 32.1. The van der Waals surface area contributed by atoms with Crippen molar-refractivity contribution in [2.75, 3.05) is 5.75 Å². The Labute approximate surface area is 86.8 Å². The molecule has 0 N–H and O–H groups in total. The molecule has 0 aromatic heterocycles. The van der Waals surface area contributed by atoms with Gasteiger partial charge in [-0.1, -0.05) is 12.1 Å². The third-order valence-corrected chi connectivity index (χ3v) is 3.09. The van der Waals surface area contributed by atoms with Crippen molar-refractivity contribution in [1.82, 2.24) is 0 Å². The van der Waals surface area contributed by atoms with Gasteiger partial charge in [0.15, 0.2) is 0 Å². The molecule has 1 heteroatoms. The molecule has 13 heavy (non-hydrogen) atoms. The zero-order chi connectivity index (χ0) is 9.84. The molecule has 1 aromatic rings. The van der Waals surface area contributed by atoms with Gasteiger partial charge in [0.2, 0.25) is 0 Å². The molecule has 1 rings (SSSR count). The second-order valence-corrected chi connectivity index (χ2v) is 4.07. The van der Waals surface area contributed by atoms with Gasteiger partial charge in [-0.05, 0) is 61.6 Å². The number of aryl methyl sites for hydroxylation is 2. The Morgan fingerprint density at radius 3 is 2.38 bits per heavy atom. The summed E-state index contributed by atoms with van der Waals surface area (Å²) in [4.78, 5) is 0. The normalized spacial score (nSPS) is 10.5. The first-order valence-corrected chi connectivity index (χ1v) is 5.46. The Hall–Kier alpha value is -0.430. The molecule has 0 nitrogen and oxygen atoms in total. The summed E-state index contributed by atoms with van der Waals surface area (Å²) in [7, 11) is 0. The summed E-state index contributed by atoms with van der Waals surface area (Å²) in [6.45, 7) is 6.59. The molecule has 0 amide bonds. The first-order chi connectivity index (χ1) is 6.16. The minimum atomic E-state index is 0.979. The van der Waals surface area contributed by atoms with Gasteiger partial charge in [0, 0.05) is 0 Å². The summed E-state index contributed by atoms with van der Waals surface area (Å²) in [6.07, 6.45) is 2.34. The van der Waals surface area contributed by atoms with E-state index < -0.39 is 0 Å². The van der Waals surface area contributed by atoms with Gasteiger partial charge in [0.25, 0.3) is 0 Å². The Morgan fingerprint density at radius 2 is 1.77 bits per heavy atom. The lowest BCUT2D eigenvalue weighted by Gasteiger charge is -2.10. The summed E-state index contributed by atoms with van der Waals surface area (Å²) in [5.74, 6) is 0.979. The van der Waals surface area contributed by atoms with Crippen LogP contribution in [0.5, 0.6) is 0 Å². The first-order valence-electron chi connectivity index (χ1n) is 4.83. The number of rotatable bonds is 3. The zero-order valence-corrected chi connectivity index (χ0v) is 9.62. The van der Waals surface area contributed by atoms with E-state index in [1.54, 1.807) is 0 Å². The van der Waals surface area contributed by atoms with Crippen LogP contribution >= 0.6 is 12.6 Å². The fraction of sp³-hybridized carbons (Fsp3) is 0.500. The molecule has 1 aromatic carbocycles. The van der Waals surface area contributed by atoms with Gasteiger partial charge < -0.3 is 0 Å². The van der Waals surface area contributed by atoms with Crippen molar-refractivity contribution in [3.8, 4) is 0 Å². The largest absolute Gasteiger partial charge is 0.179 e. The van der Waals surface area contributed by atoms with Crippen molar-refractivity contribution in [2.45, 2.75) is 33.6 Å². The first kappa shape index (κ1) is 10.6. The SMILES string of the molecule is Cc1ccc(CCCS)c(C)c1C. The quantitative estimate of drug-likeness (QED) is 0.700. The van der Waals surface area contributed by atoms with Gasteiger partial charge in [-0.15, -0.1) is 0 Å². The van der Waals surface area contributed by atoms with Crippen LogP contribution in [0.4, 0.5) is 0 Å². The predicted molar refractivity (Wildman–Crippen MR) is 62.8 cm³/mol. The van der Waals surface area contributed by atoms with Crippen LogP contribution in [0.1, 0.15) is 28.7 Å². The second kappa shape index (κ2) is 4.71. The summed E-state index contributed by atoms with van der Waals surface area (Å²) >= 11 is 4.23. The lowest BCUT2D eigenvalue weighted by atomic mass is 9.96. The Kier molecular flexibility index (Phi) is 3.86. The zero-order valence-electron chi connectivity index (χ0n) is 8.72. The standard InChI is InChI=1S/C12H18S/c1-9-6-7-12(5-4-8-13)11(3)10(9)2/h6-7,13H,4-5,8H2,1-3H3. The van der Waals surface area contributed by atoms with Crippen molar-refractivity contribution < 1.29 is 0 Å². The van der Waals surface area contributed by atoms with E-state index in [4.69, 9.17) is 0 Å². The van der Waals surface area contributed by atoms with Crippen LogP contribution in [0.25, 0.3) is 0 Å². The van der Waals surface area contributed by atoms with Crippen LogP contribution in [-0.2, 0) is 6.42 Å². The highest BCUT2D eigenvalue weighted by molar-refractivity contribution is 7.80. The smallest absolute Gasteiger partial charge is 0.00947 e. The van der Waals surface area contributed by atoms with Gasteiger partial charge in [-0.3, -0.25) is 0 Å². The van der Waals surface area contributed by atoms with Crippen molar-refractivity contribution in [1.29, 1.82) is 0 Å². The molecule has 72 valence electrons. The minimum absolute atomic E-state index is 0.979. The van der Waals surface area contributed by atoms with E-state index in [1.165, 1.54) is 28.7 Å². The van der Waals surface area contributed by atoms with Crippen molar-refractivity contribution >= 4 is 12.6 Å². The van der Waals surface area contributed by atoms with Gasteiger partial charge >= 0.3 is 0 Å². The van der Waals surface area contributed by atoms with Crippen LogP contribution < -0.4 is 0 Å². The molecular formula is C12H18S. The Balaban J connectivity index is 2.90. The molecule has 0 aliphatic heterocycles. The fourth-order valence-electron chi connectivity index (χ4n) is 1.55.